The number of halogens is 1. The van der Waals surface area contributed by atoms with Gasteiger partial charge >= 0.3 is 0 Å². The average molecular weight is 375 g/mol. The minimum Gasteiger partial charge on any atom is -0.480 e. The van der Waals surface area contributed by atoms with Crippen LogP contribution in [0.25, 0.3) is 10.2 Å². The van der Waals surface area contributed by atoms with Crippen LogP contribution in [0.15, 0.2) is 0 Å². The minimum atomic E-state index is -0.124. The van der Waals surface area contributed by atoms with Crippen molar-refractivity contribution in [2.75, 3.05) is 20.8 Å². The summed E-state index contributed by atoms with van der Waals surface area (Å²) in [5.74, 6) is 0.869. The lowest BCUT2D eigenvalue weighted by atomic mass is 10.2. The maximum absolute atomic E-state index is 12.4. The van der Waals surface area contributed by atoms with Gasteiger partial charge in [-0.2, -0.15) is 4.98 Å². The molecule has 0 aliphatic heterocycles. The molecular formula is C15H23ClN4O3S. The van der Waals surface area contributed by atoms with Crippen LogP contribution in [0.1, 0.15) is 34.4 Å². The number of nitrogens with zero attached hydrogens (tertiary/aromatic N) is 2. The summed E-state index contributed by atoms with van der Waals surface area (Å²) in [6.07, 6.45) is 0.733. The maximum Gasteiger partial charge on any atom is 0.261 e. The molecule has 2 rings (SSSR count). The molecule has 7 nitrogen and oxygen atoms in total. The molecule has 0 aliphatic rings. The number of nitrogens with two attached hydrogens (primary N) is 1. The van der Waals surface area contributed by atoms with Gasteiger partial charge in [-0.15, -0.1) is 23.7 Å². The molecule has 0 fully saturated rings. The first kappa shape index (κ1) is 20.6. The van der Waals surface area contributed by atoms with Crippen molar-refractivity contribution in [1.82, 2.24) is 15.3 Å². The van der Waals surface area contributed by atoms with Gasteiger partial charge in [0.25, 0.3) is 5.91 Å². The molecule has 0 bridgehead atoms. The van der Waals surface area contributed by atoms with E-state index in [4.69, 9.17) is 15.2 Å². The van der Waals surface area contributed by atoms with Gasteiger partial charge in [-0.3, -0.25) is 4.79 Å². The quantitative estimate of drug-likeness (QED) is 0.769. The predicted octanol–water partition coefficient (Wildman–Crippen LogP) is 2.04. The number of thiophene rings is 1. The first-order chi connectivity index (χ1) is 11.0. The summed E-state index contributed by atoms with van der Waals surface area (Å²) in [5, 5.41) is 3.66. The lowest BCUT2D eigenvalue weighted by molar-refractivity contribution is 0.0956. The Bertz CT molecular complexity index is 706. The molecule has 1 unspecified atom stereocenters. The summed E-state index contributed by atoms with van der Waals surface area (Å²) in [6.45, 7) is 4.62. The van der Waals surface area contributed by atoms with Crippen LogP contribution in [0.5, 0.6) is 5.88 Å². The van der Waals surface area contributed by atoms with Crippen LogP contribution in [0.2, 0.25) is 0 Å². The van der Waals surface area contributed by atoms with Crippen LogP contribution < -0.4 is 15.8 Å². The predicted molar refractivity (Wildman–Crippen MR) is 97.3 cm³/mol. The molecule has 0 spiro atoms. The van der Waals surface area contributed by atoms with E-state index in [-0.39, 0.29) is 24.4 Å². The molecule has 134 valence electrons. The number of carbonyl (C=O) groups is 1. The van der Waals surface area contributed by atoms with Crippen LogP contribution in [-0.4, -0.2) is 42.7 Å². The molecule has 24 heavy (non-hydrogen) atoms. The Morgan fingerprint density at radius 2 is 2.08 bits per heavy atom. The Morgan fingerprint density at radius 1 is 1.38 bits per heavy atom. The second kappa shape index (κ2) is 9.12. The maximum atomic E-state index is 12.4. The zero-order valence-electron chi connectivity index (χ0n) is 14.2. The summed E-state index contributed by atoms with van der Waals surface area (Å²) >= 11 is 1.33. The SMILES string of the molecule is COCc1nc(OC)c2c(C)c(C(=O)NCCC(C)N)sc2n1.Cl. The van der Waals surface area contributed by atoms with E-state index in [0.29, 0.717) is 29.7 Å². The summed E-state index contributed by atoms with van der Waals surface area (Å²) in [4.78, 5) is 22.5. The van der Waals surface area contributed by atoms with Crippen LogP contribution in [-0.2, 0) is 11.3 Å². The van der Waals surface area contributed by atoms with Gasteiger partial charge in [-0.1, -0.05) is 0 Å². The van der Waals surface area contributed by atoms with Gasteiger partial charge in [0.05, 0.1) is 17.4 Å². The standard InChI is InChI=1S/C15H22N4O3S.ClH/c1-8(16)5-6-17-13(20)12-9(2)11-14(22-4)18-10(7-21-3)19-15(11)23-12;/h8H,5-7,16H2,1-4H3,(H,17,20);1H. The zero-order chi connectivity index (χ0) is 17.0. The Hall–Kier alpha value is -1.48. The second-order valence-corrected chi connectivity index (χ2v) is 6.34. The van der Waals surface area contributed by atoms with Gasteiger partial charge in [0, 0.05) is 19.7 Å². The van der Waals surface area contributed by atoms with E-state index in [9.17, 15) is 4.79 Å². The molecular weight excluding hydrogens is 352 g/mol. The zero-order valence-corrected chi connectivity index (χ0v) is 15.8. The molecule has 3 N–H and O–H groups in total. The van der Waals surface area contributed by atoms with Crippen molar-refractivity contribution >= 4 is 39.9 Å². The third kappa shape index (κ3) is 4.54. The largest absolute Gasteiger partial charge is 0.480 e. The molecule has 0 radical (unpaired) electrons. The van der Waals surface area contributed by atoms with E-state index in [1.54, 1.807) is 14.2 Å². The smallest absolute Gasteiger partial charge is 0.261 e. The summed E-state index contributed by atoms with van der Waals surface area (Å²) in [6, 6.07) is 0.0568. The normalized spacial score (nSPS) is 11.9. The lowest BCUT2D eigenvalue weighted by Gasteiger charge is -2.07. The molecule has 0 aliphatic carbocycles. The molecule has 2 heterocycles. The third-order valence-electron chi connectivity index (χ3n) is 3.36. The number of rotatable bonds is 7. The van der Waals surface area contributed by atoms with E-state index in [2.05, 4.69) is 15.3 Å². The molecule has 1 amide bonds. The van der Waals surface area contributed by atoms with Crippen LogP contribution >= 0.6 is 23.7 Å². The number of carbonyl (C=O) groups excluding carboxylic acids is 1. The van der Waals surface area contributed by atoms with Gasteiger partial charge in [0.2, 0.25) is 5.88 Å². The number of fused-ring (bicyclic) bond motifs is 1. The molecule has 0 saturated carbocycles. The van der Waals surface area contributed by atoms with E-state index in [1.807, 2.05) is 13.8 Å². The Balaban J connectivity index is 0.00000288. The highest BCUT2D eigenvalue weighted by Crippen LogP contribution is 2.34. The number of methoxy groups -OCH3 is 2. The van der Waals surface area contributed by atoms with Crippen molar-refractivity contribution in [1.29, 1.82) is 0 Å². The van der Waals surface area contributed by atoms with Crippen molar-refractivity contribution in [2.24, 2.45) is 5.73 Å². The fraction of sp³-hybridized carbons (Fsp3) is 0.533. The van der Waals surface area contributed by atoms with Gasteiger partial charge in [0.15, 0.2) is 5.82 Å². The molecule has 0 saturated heterocycles. The van der Waals surface area contributed by atoms with E-state index in [0.717, 1.165) is 22.2 Å². The Kier molecular flexibility index (Phi) is 7.82. The number of aryl methyl sites for hydroxylation is 1. The number of hydrogen-bond donors (Lipinski definition) is 2. The van der Waals surface area contributed by atoms with Crippen molar-refractivity contribution in [3.05, 3.63) is 16.3 Å². The van der Waals surface area contributed by atoms with E-state index >= 15 is 0 Å². The molecule has 2 aromatic heterocycles. The molecule has 9 heteroatoms. The van der Waals surface area contributed by atoms with Gasteiger partial charge in [0.1, 0.15) is 11.4 Å². The third-order valence-corrected chi connectivity index (χ3v) is 4.55. The summed E-state index contributed by atoms with van der Waals surface area (Å²) in [5.41, 5.74) is 6.52. The number of ether oxygens (including phenoxy) is 2. The first-order valence-electron chi connectivity index (χ1n) is 7.34. The monoisotopic (exact) mass is 374 g/mol. The minimum absolute atomic E-state index is 0. The van der Waals surface area contributed by atoms with Crippen LogP contribution in [0, 0.1) is 6.92 Å². The van der Waals surface area contributed by atoms with Gasteiger partial charge < -0.3 is 20.5 Å². The number of hydrogen-bond acceptors (Lipinski definition) is 7. The van der Waals surface area contributed by atoms with Crippen molar-refractivity contribution in [2.45, 2.75) is 32.9 Å². The van der Waals surface area contributed by atoms with Gasteiger partial charge in [-0.05, 0) is 25.8 Å². The van der Waals surface area contributed by atoms with E-state index < -0.39 is 0 Å². The lowest BCUT2D eigenvalue weighted by Crippen LogP contribution is -2.28. The second-order valence-electron chi connectivity index (χ2n) is 5.34. The van der Waals surface area contributed by atoms with Crippen molar-refractivity contribution in [3.8, 4) is 5.88 Å². The first-order valence-corrected chi connectivity index (χ1v) is 8.16. The topological polar surface area (TPSA) is 99.4 Å². The van der Waals surface area contributed by atoms with E-state index in [1.165, 1.54) is 11.3 Å². The average Bonchev–Trinajstić information content (AvgIpc) is 2.83. The molecule has 1 atom stereocenters. The fourth-order valence-corrected chi connectivity index (χ4v) is 3.30. The van der Waals surface area contributed by atoms with Crippen molar-refractivity contribution in [3.63, 3.8) is 0 Å². The molecule has 2 aromatic rings. The molecule has 0 aromatic carbocycles. The summed E-state index contributed by atoms with van der Waals surface area (Å²) < 4.78 is 10.4. The highest BCUT2D eigenvalue weighted by atomic mass is 35.5. The highest BCUT2D eigenvalue weighted by molar-refractivity contribution is 7.20. The number of aromatic nitrogens is 2. The van der Waals surface area contributed by atoms with Crippen LogP contribution in [0.4, 0.5) is 0 Å². The van der Waals surface area contributed by atoms with Crippen LogP contribution in [0.3, 0.4) is 0 Å². The van der Waals surface area contributed by atoms with Gasteiger partial charge in [-0.25, -0.2) is 4.98 Å². The Morgan fingerprint density at radius 3 is 2.67 bits per heavy atom. The highest BCUT2D eigenvalue weighted by Gasteiger charge is 2.21. The number of nitrogens with one attached hydrogen (secondary N) is 1. The Labute approximate surface area is 151 Å². The fourth-order valence-electron chi connectivity index (χ4n) is 2.20. The summed E-state index contributed by atoms with van der Waals surface area (Å²) in [7, 11) is 3.13. The number of amides is 1. The van der Waals surface area contributed by atoms with Crippen molar-refractivity contribution < 1.29 is 14.3 Å².